The molecule has 2 atom stereocenters. The third-order valence-electron chi connectivity index (χ3n) is 3.98. The second kappa shape index (κ2) is 6.44. The molecule has 5 nitrogen and oxygen atoms in total. The zero-order chi connectivity index (χ0) is 16.5. The van der Waals surface area contributed by atoms with Gasteiger partial charge in [-0.2, -0.15) is 0 Å². The van der Waals surface area contributed by atoms with Crippen LogP contribution in [0.2, 0.25) is 10.0 Å². The van der Waals surface area contributed by atoms with Crippen molar-refractivity contribution in [2.24, 2.45) is 0 Å². The van der Waals surface area contributed by atoms with Crippen LogP contribution in [0.1, 0.15) is 36.5 Å². The van der Waals surface area contributed by atoms with E-state index in [1.165, 1.54) is 18.2 Å². The molecule has 2 N–H and O–H groups in total. The molecule has 0 aromatic heterocycles. The molecule has 1 amide bonds. The number of hydrogen-bond donors (Lipinski definition) is 2. The van der Waals surface area contributed by atoms with Crippen molar-refractivity contribution >= 4 is 35.1 Å². The summed E-state index contributed by atoms with van der Waals surface area (Å²) in [5.41, 5.74) is -0.958. The van der Waals surface area contributed by atoms with E-state index in [0.717, 1.165) is 4.90 Å². The van der Waals surface area contributed by atoms with Gasteiger partial charge in [-0.1, -0.05) is 36.5 Å². The van der Waals surface area contributed by atoms with Gasteiger partial charge in [0.1, 0.15) is 5.54 Å². The molecule has 0 aliphatic carbocycles. The maximum atomic E-state index is 13.0. The van der Waals surface area contributed by atoms with Gasteiger partial charge in [0, 0.05) is 12.0 Å². The molecule has 0 radical (unpaired) electrons. The van der Waals surface area contributed by atoms with E-state index in [9.17, 15) is 19.8 Å². The quantitative estimate of drug-likeness (QED) is 0.819. The topological polar surface area (TPSA) is 77.8 Å². The number of aliphatic hydroxyl groups is 1. The molecule has 1 aliphatic heterocycles. The van der Waals surface area contributed by atoms with Crippen molar-refractivity contribution in [3.63, 3.8) is 0 Å². The molecule has 1 aromatic rings. The van der Waals surface area contributed by atoms with Crippen molar-refractivity contribution < 1.29 is 19.8 Å². The van der Waals surface area contributed by atoms with Crippen molar-refractivity contribution in [1.29, 1.82) is 0 Å². The zero-order valence-electron chi connectivity index (χ0n) is 12.1. The number of rotatable bonds is 4. The van der Waals surface area contributed by atoms with Crippen molar-refractivity contribution in [3.8, 4) is 0 Å². The van der Waals surface area contributed by atoms with E-state index >= 15 is 0 Å². The van der Waals surface area contributed by atoms with Crippen LogP contribution in [0, 0.1) is 0 Å². The maximum absolute atomic E-state index is 13.0. The lowest BCUT2D eigenvalue weighted by molar-refractivity contribution is 0.0616. The number of hydrogen-bond acceptors (Lipinski definition) is 3. The Labute approximate surface area is 138 Å². The predicted molar refractivity (Wildman–Crippen MR) is 83.8 cm³/mol. The average molecular weight is 346 g/mol. The van der Waals surface area contributed by atoms with E-state index < -0.39 is 17.7 Å². The number of carbonyl (C=O) groups is 2. The number of benzene rings is 1. The third kappa shape index (κ3) is 2.93. The van der Waals surface area contributed by atoms with Gasteiger partial charge in [0.05, 0.1) is 22.7 Å². The molecule has 0 bridgehead atoms. The summed E-state index contributed by atoms with van der Waals surface area (Å²) in [6, 6.07) is 4.47. The Balaban J connectivity index is 2.47. The molecule has 120 valence electrons. The number of likely N-dealkylation sites (tertiary alicyclic amines) is 1. The second-order valence-corrected chi connectivity index (χ2v) is 6.31. The van der Waals surface area contributed by atoms with E-state index in [1.807, 2.05) is 6.92 Å². The van der Waals surface area contributed by atoms with E-state index in [-0.39, 0.29) is 23.8 Å². The van der Waals surface area contributed by atoms with Crippen molar-refractivity contribution in [2.45, 2.75) is 37.8 Å². The summed E-state index contributed by atoms with van der Waals surface area (Å²) in [5.74, 6) is -0.355. The first-order chi connectivity index (χ1) is 10.3. The third-order valence-corrected chi connectivity index (χ3v) is 4.72. The summed E-state index contributed by atoms with van der Waals surface area (Å²) in [5, 5.41) is 19.9. The number of aliphatic hydroxyl groups excluding tert-OH is 1. The van der Waals surface area contributed by atoms with Crippen LogP contribution in [0.25, 0.3) is 0 Å². The Bertz CT molecular complexity index is 607. The normalized spacial score (nSPS) is 24.5. The number of ketones is 1. The minimum Gasteiger partial charge on any atom is -0.465 e. The first-order valence-corrected chi connectivity index (χ1v) is 7.76. The summed E-state index contributed by atoms with van der Waals surface area (Å²) in [4.78, 5) is 25.5. The van der Waals surface area contributed by atoms with Crippen LogP contribution in [0.4, 0.5) is 4.79 Å². The summed E-state index contributed by atoms with van der Waals surface area (Å²) >= 11 is 11.8. The van der Waals surface area contributed by atoms with Crippen LogP contribution in [0.5, 0.6) is 0 Å². The Kier molecular flexibility index (Phi) is 5.00. The van der Waals surface area contributed by atoms with Crippen LogP contribution in [-0.2, 0) is 0 Å². The number of amides is 1. The molecule has 2 rings (SSSR count). The first kappa shape index (κ1) is 17.1. The number of nitrogens with zero attached hydrogens (tertiary/aromatic N) is 1. The second-order valence-electron chi connectivity index (χ2n) is 5.49. The number of carbonyl (C=O) groups excluding carboxylic acids is 1. The van der Waals surface area contributed by atoms with Crippen molar-refractivity contribution in [2.75, 3.05) is 6.54 Å². The largest absolute Gasteiger partial charge is 0.465 e. The van der Waals surface area contributed by atoms with E-state index in [1.54, 1.807) is 0 Å². The van der Waals surface area contributed by atoms with Crippen LogP contribution in [0.15, 0.2) is 18.2 Å². The van der Waals surface area contributed by atoms with Crippen LogP contribution < -0.4 is 0 Å². The molecule has 1 saturated heterocycles. The Morgan fingerprint density at radius 2 is 2.05 bits per heavy atom. The van der Waals surface area contributed by atoms with Gasteiger partial charge in [-0.3, -0.25) is 9.69 Å². The highest BCUT2D eigenvalue weighted by Crippen LogP contribution is 2.38. The lowest BCUT2D eigenvalue weighted by Gasteiger charge is -2.35. The minimum atomic E-state index is -1.25. The standard InChI is InChI=1S/C15H17Cl2NO4/c1-2-5-15(7-10(19)8-18(15)14(21)22)13(20)9-3-4-11(16)12(17)6-9/h3-4,6,10,19H,2,5,7-8H2,1H3,(H,21,22)/t10-,15+/m1/s1. The van der Waals surface area contributed by atoms with E-state index in [4.69, 9.17) is 23.2 Å². The highest BCUT2D eigenvalue weighted by molar-refractivity contribution is 6.42. The van der Waals surface area contributed by atoms with Gasteiger partial charge in [0.15, 0.2) is 5.78 Å². The molecule has 22 heavy (non-hydrogen) atoms. The lowest BCUT2D eigenvalue weighted by atomic mass is 9.82. The van der Waals surface area contributed by atoms with Crippen LogP contribution in [0.3, 0.4) is 0 Å². The fourth-order valence-electron chi connectivity index (χ4n) is 3.10. The van der Waals surface area contributed by atoms with Gasteiger partial charge < -0.3 is 10.2 Å². The fraction of sp³-hybridized carbons (Fsp3) is 0.467. The first-order valence-electron chi connectivity index (χ1n) is 7.00. The number of carboxylic acid groups (broad SMARTS) is 1. The molecule has 0 saturated carbocycles. The molecule has 1 heterocycles. The smallest absolute Gasteiger partial charge is 0.408 e. The maximum Gasteiger partial charge on any atom is 0.408 e. The van der Waals surface area contributed by atoms with Gasteiger partial charge in [-0.15, -0.1) is 0 Å². The lowest BCUT2D eigenvalue weighted by Crippen LogP contribution is -2.52. The molecule has 0 spiro atoms. The number of halogens is 2. The summed E-state index contributed by atoms with van der Waals surface area (Å²) in [6.07, 6.45) is -1.02. The Morgan fingerprint density at radius 3 is 2.59 bits per heavy atom. The van der Waals surface area contributed by atoms with Gasteiger partial charge in [-0.05, 0) is 24.6 Å². The molecular formula is C15H17Cl2NO4. The summed E-state index contributed by atoms with van der Waals surface area (Å²) in [7, 11) is 0. The zero-order valence-corrected chi connectivity index (χ0v) is 13.6. The Hall–Kier alpha value is -1.30. The summed E-state index contributed by atoms with van der Waals surface area (Å²) < 4.78 is 0. The average Bonchev–Trinajstić information content (AvgIpc) is 2.79. The van der Waals surface area contributed by atoms with Gasteiger partial charge >= 0.3 is 6.09 Å². The molecule has 1 aromatic carbocycles. The SMILES string of the molecule is CCC[C@@]1(C(=O)c2ccc(Cl)c(Cl)c2)C[C@@H](O)CN1C(=O)O. The molecule has 1 fully saturated rings. The van der Waals surface area contributed by atoms with Gasteiger partial charge in [0.2, 0.25) is 0 Å². The Morgan fingerprint density at radius 1 is 1.36 bits per heavy atom. The van der Waals surface area contributed by atoms with E-state index in [0.29, 0.717) is 23.4 Å². The number of β-amino-alcohol motifs (C(OH)–C–C–N with tert-alkyl or cyclic N) is 1. The summed E-state index contributed by atoms with van der Waals surface area (Å²) in [6.45, 7) is 1.80. The van der Waals surface area contributed by atoms with Crippen molar-refractivity contribution in [1.82, 2.24) is 4.90 Å². The molecule has 7 heteroatoms. The number of Topliss-reactive ketones (excluding diaryl/α,β-unsaturated/α-hetero) is 1. The predicted octanol–water partition coefficient (Wildman–Crippen LogP) is 3.46. The molecule has 0 unspecified atom stereocenters. The molecule has 1 aliphatic rings. The highest BCUT2D eigenvalue weighted by Gasteiger charge is 2.52. The highest BCUT2D eigenvalue weighted by atomic mass is 35.5. The molecular weight excluding hydrogens is 329 g/mol. The van der Waals surface area contributed by atoms with Gasteiger partial charge in [-0.25, -0.2) is 4.79 Å². The van der Waals surface area contributed by atoms with Crippen molar-refractivity contribution in [3.05, 3.63) is 33.8 Å². The van der Waals surface area contributed by atoms with Crippen LogP contribution >= 0.6 is 23.2 Å². The minimum absolute atomic E-state index is 0.0671. The monoisotopic (exact) mass is 345 g/mol. The van der Waals surface area contributed by atoms with Gasteiger partial charge in [0.25, 0.3) is 0 Å². The van der Waals surface area contributed by atoms with Crippen LogP contribution in [-0.4, -0.2) is 45.2 Å². The van der Waals surface area contributed by atoms with E-state index in [2.05, 4.69) is 0 Å². The fourth-order valence-corrected chi connectivity index (χ4v) is 3.39.